The summed E-state index contributed by atoms with van der Waals surface area (Å²) in [5, 5.41) is 0. The van der Waals surface area contributed by atoms with E-state index < -0.39 is 26.7 Å². The zero-order chi connectivity index (χ0) is 20.5. The Kier molecular flexibility index (Phi) is 5.78. The van der Waals surface area contributed by atoms with Crippen LogP contribution in [0.15, 0.2) is 52.1 Å². The van der Waals surface area contributed by atoms with Crippen LogP contribution >= 0.6 is 15.9 Å². The van der Waals surface area contributed by atoms with E-state index in [9.17, 15) is 26.4 Å². The molecule has 6 nitrogen and oxygen atoms in total. The van der Waals surface area contributed by atoms with E-state index in [0.29, 0.717) is 16.1 Å². The highest BCUT2D eigenvalue weighted by molar-refractivity contribution is 9.10. The van der Waals surface area contributed by atoms with Crippen LogP contribution in [-0.2, 0) is 16.2 Å². The minimum Gasteiger partial charge on any atom is -0.336 e. The number of carbonyl (C=O) groups excluding carboxylic acids is 1. The molecule has 0 N–H and O–H groups in total. The molecule has 1 amide bonds. The topological polar surface area (TPSA) is 70.6 Å². The predicted octanol–water partition coefficient (Wildman–Crippen LogP) is 3.01. The van der Waals surface area contributed by atoms with E-state index in [0.717, 1.165) is 22.5 Å². The number of amides is 1. The van der Waals surface area contributed by atoms with E-state index in [1.165, 1.54) is 17.3 Å². The van der Waals surface area contributed by atoms with Gasteiger partial charge in [0.25, 0.3) is 5.91 Å². The van der Waals surface area contributed by atoms with Gasteiger partial charge < -0.3 is 4.90 Å². The number of carbonyl (C=O) groups is 1. The Bertz CT molecular complexity index is 990. The number of pyridine rings is 1. The van der Waals surface area contributed by atoms with Crippen molar-refractivity contribution in [2.75, 3.05) is 26.2 Å². The number of sulfonamides is 1. The van der Waals surface area contributed by atoms with Crippen molar-refractivity contribution in [2.45, 2.75) is 11.1 Å². The number of alkyl halides is 3. The first-order chi connectivity index (χ1) is 13.1. The summed E-state index contributed by atoms with van der Waals surface area (Å²) in [7, 11) is -4.09. The van der Waals surface area contributed by atoms with Gasteiger partial charge in [0.05, 0.1) is 16.0 Å². The minimum atomic E-state index is -4.63. The Morgan fingerprint density at radius 1 is 1.07 bits per heavy atom. The third kappa shape index (κ3) is 4.36. The molecule has 1 saturated heterocycles. The molecule has 1 aliphatic rings. The van der Waals surface area contributed by atoms with Gasteiger partial charge in [-0.05, 0) is 40.2 Å². The number of halogens is 4. The quantitative estimate of drug-likeness (QED) is 0.681. The van der Waals surface area contributed by atoms with E-state index in [1.807, 2.05) is 0 Å². The summed E-state index contributed by atoms with van der Waals surface area (Å²) in [5.41, 5.74) is -0.659. The van der Waals surface area contributed by atoms with Gasteiger partial charge >= 0.3 is 6.18 Å². The lowest BCUT2D eigenvalue weighted by molar-refractivity contribution is -0.137. The molecule has 0 unspecified atom stereocenters. The van der Waals surface area contributed by atoms with E-state index in [4.69, 9.17) is 0 Å². The molecule has 28 heavy (non-hydrogen) atoms. The normalized spacial score (nSPS) is 16.2. The van der Waals surface area contributed by atoms with Crippen LogP contribution in [-0.4, -0.2) is 54.7 Å². The molecule has 1 fully saturated rings. The summed E-state index contributed by atoms with van der Waals surface area (Å²) in [4.78, 5) is 17.5. The Morgan fingerprint density at radius 3 is 2.36 bits per heavy atom. The Morgan fingerprint density at radius 2 is 1.75 bits per heavy atom. The molecule has 150 valence electrons. The zero-order valence-electron chi connectivity index (χ0n) is 14.4. The van der Waals surface area contributed by atoms with Crippen LogP contribution in [0.3, 0.4) is 0 Å². The van der Waals surface area contributed by atoms with Crippen LogP contribution in [0.5, 0.6) is 0 Å². The van der Waals surface area contributed by atoms with Crippen molar-refractivity contribution in [1.29, 1.82) is 0 Å². The van der Waals surface area contributed by atoms with Crippen molar-refractivity contribution in [3.8, 4) is 0 Å². The second-order valence-corrected chi connectivity index (χ2v) is 8.97. The summed E-state index contributed by atoms with van der Waals surface area (Å²) >= 11 is 3.23. The molecule has 3 rings (SSSR count). The standard InChI is InChI=1S/C17H15BrF3N3O3S/c18-14-8-12(10-22-11-14)16(25)23-4-6-24(7-5-23)28(26,27)15-3-1-2-13(9-15)17(19,20)21/h1-3,8-11H,4-7H2. The zero-order valence-corrected chi connectivity index (χ0v) is 16.8. The number of aromatic nitrogens is 1. The summed E-state index contributed by atoms with van der Waals surface area (Å²) in [6, 6.07) is 5.26. The van der Waals surface area contributed by atoms with Crippen molar-refractivity contribution in [3.63, 3.8) is 0 Å². The van der Waals surface area contributed by atoms with Crippen molar-refractivity contribution in [3.05, 3.63) is 58.3 Å². The van der Waals surface area contributed by atoms with Crippen LogP contribution in [0.4, 0.5) is 13.2 Å². The number of rotatable bonds is 3. The second-order valence-electron chi connectivity index (χ2n) is 6.11. The third-order valence-corrected chi connectivity index (χ3v) is 6.61. The molecule has 0 saturated carbocycles. The Hall–Kier alpha value is -1.98. The molecule has 0 atom stereocenters. The number of hydrogen-bond acceptors (Lipinski definition) is 4. The van der Waals surface area contributed by atoms with E-state index in [2.05, 4.69) is 20.9 Å². The van der Waals surface area contributed by atoms with Gasteiger partial charge in [0, 0.05) is 43.0 Å². The molecule has 2 heterocycles. The smallest absolute Gasteiger partial charge is 0.336 e. The molecular formula is C17H15BrF3N3O3S. The summed E-state index contributed by atoms with van der Waals surface area (Å²) < 4.78 is 65.7. The molecule has 0 spiro atoms. The van der Waals surface area contributed by atoms with Crippen LogP contribution in [0, 0.1) is 0 Å². The molecule has 11 heteroatoms. The van der Waals surface area contributed by atoms with Gasteiger partial charge in [-0.1, -0.05) is 6.07 Å². The Labute approximate surface area is 168 Å². The van der Waals surface area contributed by atoms with Crippen LogP contribution in [0.2, 0.25) is 0 Å². The maximum atomic E-state index is 12.9. The van der Waals surface area contributed by atoms with Crippen molar-refractivity contribution in [1.82, 2.24) is 14.2 Å². The number of nitrogens with zero attached hydrogens (tertiary/aromatic N) is 3. The van der Waals surface area contributed by atoms with Crippen molar-refractivity contribution < 1.29 is 26.4 Å². The molecule has 0 radical (unpaired) electrons. The lowest BCUT2D eigenvalue weighted by Crippen LogP contribution is -2.50. The molecule has 1 aliphatic heterocycles. The first-order valence-electron chi connectivity index (χ1n) is 8.16. The fourth-order valence-electron chi connectivity index (χ4n) is 2.82. The summed E-state index contributed by atoms with van der Waals surface area (Å²) in [6.07, 6.45) is -1.68. The maximum Gasteiger partial charge on any atom is 0.416 e. The molecule has 1 aromatic heterocycles. The van der Waals surface area contributed by atoms with Crippen LogP contribution in [0.25, 0.3) is 0 Å². The van der Waals surface area contributed by atoms with E-state index >= 15 is 0 Å². The van der Waals surface area contributed by atoms with Gasteiger partial charge in [-0.2, -0.15) is 17.5 Å². The predicted molar refractivity (Wildman–Crippen MR) is 98.0 cm³/mol. The number of benzene rings is 1. The highest BCUT2D eigenvalue weighted by Gasteiger charge is 2.34. The van der Waals surface area contributed by atoms with Gasteiger partial charge in [-0.15, -0.1) is 0 Å². The van der Waals surface area contributed by atoms with Gasteiger partial charge in [0.15, 0.2) is 0 Å². The molecule has 0 bridgehead atoms. The maximum absolute atomic E-state index is 12.9. The monoisotopic (exact) mass is 477 g/mol. The fraction of sp³-hybridized carbons (Fsp3) is 0.294. The number of hydrogen-bond donors (Lipinski definition) is 0. The fourth-order valence-corrected chi connectivity index (χ4v) is 4.66. The molecule has 2 aromatic rings. The number of piperazine rings is 1. The minimum absolute atomic E-state index is 0.00818. The lowest BCUT2D eigenvalue weighted by Gasteiger charge is -2.34. The first-order valence-corrected chi connectivity index (χ1v) is 10.4. The average molecular weight is 478 g/mol. The van der Waals surface area contributed by atoms with E-state index in [1.54, 1.807) is 6.07 Å². The van der Waals surface area contributed by atoms with Crippen molar-refractivity contribution >= 4 is 31.9 Å². The largest absolute Gasteiger partial charge is 0.416 e. The average Bonchev–Trinajstić information content (AvgIpc) is 2.67. The molecule has 0 aliphatic carbocycles. The Balaban J connectivity index is 1.73. The molecular weight excluding hydrogens is 463 g/mol. The summed E-state index contributed by atoms with van der Waals surface area (Å²) in [5.74, 6) is -0.287. The lowest BCUT2D eigenvalue weighted by atomic mass is 10.2. The van der Waals surface area contributed by atoms with Crippen molar-refractivity contribution in [2.24, 2.45) is 0 Å². The summed E-state index contributed by atoms with van der Waals surface area (Å²) in [6.45, 7) is 0.241. The second kappa shape index (κ2) is 7.80. The third-order valence-electron chi connectivity index (χ3n) is 4.28. The van der Waals surface area contributed by atoms with E-state index in [-0.39, 0.29) is 32.1 Å². The van der Waals surface area contributed by atoms with Gasteiger partial charge in [-0.3, -0.25) is 9.78 Å². The van der Waals surface area contributed by atoms with Crippen LogP contribution in [0.1, 0.15) is 15.9 Å². The highest BCUT2D eigenvalue weighted by Crippen LogP contribution is 2.31. The SMILES string of the molecule is O=C(c1cncc(Br)c1)N1CCN(S(=O)(=O)c2cccc(C(F)(F)F)c2)CC1. The van der Waals surface area contributed by atoms with Gasteiger partial charge in [0.1, 0.15) is 0 Å². The van der Waals surface area contributed by atoms with Gasteiger partial charge in [0.2, 0.25) is 10.0 Å². The first kappa shape index (κ1) is 20.7. The van der Waals surface area contributed by atoms with Gasteiger partial charge in [-0.25, -0.2) is 8.42 Å². The molecule has 1 aromatic carbocycles. The highest BCUT2D eigenvalue weighted by atomic mass is 79.9. The van der Waals surface area contributed by atoms with Crippen LogP contribution < -0.4 is 0 Å².